The molecule has 110 valence electrons. The number of urea groups is 1. The highest BCUT2D eigenvalue weighted by Gasteiger charge is 2.14. The number of thiophene rings is 1. The molecule has 0 atom stereocenters. The molecule has 6 heteroatoms. The maximum Gasteiger partial charge on any atom is 0.317 e. The molecule has 0 aromatic carbocycles. The number of nitrogens with zero attached hydrogens (tertiary/aromatic N) is 1. The lowest BCUT2D eigenvalue weighted by Gasteiger charge is -2.20. The third kappa shape index (κ3) is 4.52. The summed E-state index contributed by atoms with van der Waals surface area (Å²) in [5.74, 6) is -0.0796. The topological polar surface area (TPSA) is 61.4 Å². The zero-order valence-electron chi connectivity index (χ0n) is 11.6. The fourth-order valence-corrected chi connectivity index (χ4v) is 2.87. The Bertz CT molecular complexity index is 426. The molecule has 1 aliphatic heterocycles. The summed E-state index contributed by atoms with van der Waals surface area (Å²) in [5, 5.41) is 7.52. The van der Waals surface area contributed by atoms with Gasteiger partial charge in [0.2, 0.25) is 0 Å². The van der Waals surface area contributed by atoms with Gasteiger partial charge in [-0.25, -0.2) is 4.79 Å². The summed E-state index contributed by atoms with van der Waals surface area (Å²) in [6.07, 6.45) is 4.59. The summed E-state index contributed by atoms with van der Waals surface area (Å²) in [6, 6.07) is 3.62. The summed E-state index contributed by atoms with van der Waals surface area (Å²) in [6.45, 7) is 2.60. The van der Waals surface area contributed by atoms with Crippen molar-refractivity contribution in [1.29, 1.82) is 0 Å². The lowest BCUT2D eigenvalue weighted by molar-refractivity contribution is 0.0957. The number of likely N-dealkylation sites (tertiary alicyclic amines) is 1. The van der Waals surface area contributed by atoms with Crippen molar-refractivity contribution < 1.29 is 9.59 Å². The lowest BCUT2D eigenvalue weighted by Crippen LogP contribution is -2.43. The van der Waals surface area contributed by atoms with Gasteiger partial charge in [0.25, 0.3) is 5.91 Å². The van der Waals surface area contributed by atoms with Crippen LogP contribution in [0.5, 0.6) is 0 Å². The van der Waals surface area contributed by atoms with E-state index in [9.17, 15) is 9.59 Å². The van der Waals surface area contributed by atoms with Crippen molar-refractivity contribution in [3.63, 3.8) is 0 Å². The maximum atomic E-state index is 11.9. The quantitative estimate of drug-likeness (QED) is 0.835. The minimum Gasteiger partial charge on any atom is -0.350 e. The Morgan fingerprint density at radius 2 is 1.80 bits per heavy atom. The first-order valence-electron chi connectivity index (χ1n) is 7.12. The van der Waals surface area contributed by atoms with E-state index in [2.05, 4.69) is 10.6 Å². The monoisotopic (exact) mass is 295 g/mol. The van der Waals surface area contributed by atoms with Crippen molar-refractivity contribution in [1.82, 2.24) is 15.5 Å². The molecule has 0 spiro atoms. The molecule has 0 unspecified atom stereocenters. The smallest absolute Gasteiger partial charge is 0.317 e. The van der Waals surface area contributed by atoms with E-state index in [0.717, 1.165) is 25.9 Å². The number of hydrogen-bond acceptors (Lipinski definition) is 3. The summed E-state index contributed by atoms with van der Waals surface area (Å²) in [7, 11) is 0. The number of carbonyl (C=O) groups is 2. The molecule has 1 saturated heterocycles. The second-order valence-electron chi connectivity index (χ2n) is 4.87. The van der Waals surface area contributed by atoms with E-state index in [0.29, 0.717) is 18.0 Å². The van der Waals surface area contributed by atoms with Gasteiger partial charge in [-0.3, -0.25) is 4.79 Å². The van der Waals surface area contributed by atoms with Crippen molar-refractivity contribution in [2.45, 2.75) is 25.7 Å². The van der Waals surface area contributed by atoms with E-state index in [1.54, 1.807) is 6.07 Å². The first kappa shape index (κ1) is 14.8. The lowest BCUT2D eigenvalue weighted by atomic mass is 10.2. The summed E-state index contributed by atoms with van der Waals surface area (Å²) in [5.41, 5.74) is 0. The van der Waals surface area contributed by atoms with Crippen LogP contribution in [0.2, 0.25) is 0 Å². The van der Waals surface area contributed by atoms with Crippen LogP contribution in [0.3, 0.4) is 0 Å². The number of nitrogens with one attached hydrogen (secondary N) is 2. The highest BCUT2D eigenvalue weighted by Crippen LogP contribution is 2.09. The van der Waals surface area contributed by atoms with Crippen molar-refractivity contribution in [3.8, 4) is 0 Å². The van der Waals surface area contributed by atoms with Crippen LogP contribution in [0.1, 0.15) is 35.4 Å². The van der Waals surface area contributed by atoms with Gasteiger partial charge in [0.1, 0.15) is 0 Å². The first-order chi connectivity index (χ1) is 9.77. The van der Waals surface area contributed by atoms with Gasteiger partial charge in [-0.05, 0) is 24.3 Å². The van der Waals surface area contributed by atoms with Crippen molar-refractivity contribution in [2.75, 3.05) is 26.2 Å². The second-order valence-corrected chi connectivity index (χ2v) is 5.81. The van der Waals surface area contributed by atoms with Gasteiger partial charge in [-0.15, -0.1) is 11.3 Å². The van der Waals surface area contributed by atoms with Crippen molar-refractivity contribution in [3.05, 3.63) is 22.4 Å². The van der Waals surface area contributed by atoms with E-state index in [4.69, 9.17) is 0 Å². The van der Waals surface area contributed by atoms with Gasteiger partial charge < -0.3 is 15.5 Å². The SMILES string of the molecule is O=C(NCCNC(=O)N1CCCCCC1)c1cccs1. The van der Waals surface area contributed by atoms with Crippen LogP contribution in [0.4, 0.5) is 4.79 Å². The predicted octanol–water partition coefficient (Wildman–Crippen LogP) is 2.06. The molecule has 1 aliphatic rings. The normalized spacial score (nSPS) is 15.5. The summed E-state index contributed by atoms with van der Waals surface area (Å²) >= 11 is 1.41. The van der Waals surface area contributed by atoms with E-state index in [-0.39, 0.29) is 11.9 Å². The molecule has 20 heavy (non-hydrogen) atoms. The summed E-state index contributed by atoms with van der Waals surface area (Å²) < 4.78 is 0. The predicted molar refractivity (Wildman–Crippen MR) is 80.1 cm³/mol. The Morgan fingerprint density at radius 3 is 2.45 bits per heavy atom. The van der Waals surface area contributed by atoms with Gasteiger partial charge in [-0.1, -0.05) is 18.9 Å². The highest BCUT2D eigenvalue weighted by atomic mass is 32.1. The van der Waals surface area contributed by atoms with Crippen LogP contribution in [0.15, 0.2) is 17.5 Å². The minimum absolute atomic E-state index is 0.0164. The Labute approximate surface area is 123 Å². The number of hydrogen-bond donors (Lipinski definition) is 2. The summed E-state index contributed by atoms with van der Waals surface area (Å²) in [4.78, 5) is 26.2. The van der Waals surface area contributed by atoms with E-state index < -0.39 is 0 Å². The Balaban J connectivity index is 1.62. The molecule has 2 rings (SSSR count). The largest absolute Gasteiger partial charge is 0.350 e. The molecule has 0 saturated carbocycles. The average Bonchev–Trinajstić information content (AvgIpc) is 2.85. The number of rotatable bonds is 4. The molecule has 0 bridgehead atoms. The average molecular weight is 295 g/mol. The van der Waals surface area contributed by atoms with Crippen LogP contribution in [0, 0.1) is 0 Å². The maximum absolute atomic E-state index is 11.9. The standard InChI is InChI=1S/C14H21N3O2S/c18-13(12-6-5-11-20-12)15-7-8-16-14(19)17-9-3-1-2-4-10-17/h5-6,11H,1-4,7-10H2,(H,15,18)(H,16,19). The third-order valence-corrected chi connectivity index (χ3v) is 4.19. The zero-order valence-corrected chi connectivity index (χ0v) is 12.4. The number of carbonyl (C=O) groups excluding carboxylic acids is 2. The fourth-order valence-electron chi connectivity index (χ4n) is 2.23. The van der Waals surface area contributed by atoms with Crippen molar-refractivity contribution >= 4 is 23.3 Å². The number of amides is 3. The van der Waals surface area contributed by atoms with Crippen LogP contribution in [-0.4, -0.2) is 43.0 Å². The van der Waals surface area contributed by atoms with Gasteiger partial charge in [-0.2, -0.15) is 0 Å². The van der Waals surface area contributed by atoms with Gasteiger partial charge >= 0.3 is 6.03 Å². The molecule has 1 aromatic heterocycles. The molecule has 1 fully saturated rings. The molecule has 5 nitrogen and oxygen atoms in total. The molecule has 0 radical (unpaired) electrons. The van der Waals surface area contributed by atoms with E-state index in [1.165, 1.54) is 24.2 Å². The van der Waals surface area contributed by atoms with Crippen LogP contribution >= 0.6 is 11.3 Å². The Kier molecular flexibility index (Phi) is 5.86. The Hall–Kier alpha value is -1.56. The Morgan fingerprint density at radius 1 is 1.10 bits per heavy atom. The van der Waals surface area contributed by atoms with Gasteiger partial charge in [0.15, 0.2) is 0 Å². The highest BCUT2D eigenvalue weighted by molar-refractivity contribution is 7.12. The van der Waals surface area contributed by atoms with Gasteiger partial charge in [0.05, 0.1) is 4.88 Å². The van der Waals surface area contributed by atoms with Crippen molar-refractivity contribution in [2.24, 2.45) is 0 Å². The third-order valence-electron chi connectivity index (χ3n) is 3.33. The van der Waals surface area contributed by atoms with Crippen LogP contribution in [-0.2, 0) is 0 Å². The molecular weight excluding hydrogens is 274 g/mol. The van der Waals surface area contributed by atoms with E-state index >= 15 is 0 Å². The zero-order chi connectivity index (χ0) is 14.2. The molecular formula is C14H21N3O2S. The molecule has 2 N–H and O–H groups in total. The second kappa shape index (κ2) is 7.89. The van der Waals surface area contributed by atoms with Gasteiger partial charge in [0, 0.05) is 26.2 Å². The first-order valence-corrected chi connectivity index (χ1v) is 8.00. The molecule has 1 aromatic rings. The molecule has 3 amide bonds. The molecule has 2 heterocycles. The van der Waals surface area contributed by atoms with Crippen LogP contribution < -0.4 is 10.6 Å². The fraction of sp³-hybridized carbons (Fsp3) is 0.571. The molecule has 0 aliphatic carbocycles. The van der Waals surface area contributed by atoms with E-state index in [1.807, 2.05) is 16.3 Å². The van der Waals surface area contributed by atoms with Crippen LogP contribution in [0.25, 0.3) is 0 Å². The minimum atomic E-state index is -0.0796.